The van der Waals surface area contributed by atoms with Crippen molar-refractivity contribution in [1.82, 2.24) is 10.2 Å². The summed E-state index contributed by atoms with van der Waals surface area (Å²) < 4.78 is 17.4. The highest BCUT2D eigenvalue weighted by Gasteiger charge is 2.08. The van der Waals surface area contributed by atoms with Gasteiger partial charge in [-0.3, -0.25) is 4.21 Å². The summed E-state index contributed by atoms with van der Waals surface area (Å²) in [6.45, 7) is 2.07. The van der Waals surface area contributed by atoms with Crippen LogP contribution in [0.5, 0.6) is 0 Å². The minimum absolute atomic E-state index is 0.563. The van der Waals surface area contributed by atoms with Gasteiger partial charge in [-0.05, 0) is 18.6 Å². The van der Waals surface area contributed by atoms with Gasteiger partial charge in [-0.25, -0.2) is 0 Å². The lowest BCUT2D eigenvalue weighted by atomic mass is 10.3. The fourth-order valence-corrected chi connectivity index (χ4v) is 3.57. The molecular weight excluding hydrogens is 280 g/mol. The first-order chi connectivity index (χ1) is 9.29. The molecule has 102 valence electrons. The summed E-state index contributed by atoms with van der Waals surface area (Å²) in [6, 6.07) is 9.48. The van der Waals surface area contributed by atoms with Crippen LogP contribution in [0.1, 0.15) is 19.2 Å². The quantitative estimate of drug-likeness (QED) is 0.735. The predicted octanol–water partition coefficient (Wildman–Crippen LogP) is 2.92. The SMILES string of the molecule is CCCc1nnc(SCC[S@](=O)c2ccccc2)o1. The van der Waals surface area contributed by atoms with Crippen LogP contribution in [0, 0.1) is 0 Å². The lowest BCUT2D eigenvalue weighted by Crippen LogP contribution is -2.00. The molecule has 0 saturated carbocycles. The van der Waals surface area contributed by atoms with Crippen molar-refractivity contribution in [2.24, 2.45) is 0 Å². The van der Waals surface area contributed by atoms with Crippen molar-refractivity contribution in [2.45, 2.75) is 29.9 Å². The van der Waals surface area contributed by atoms with Crippen LogP contribution in [-0.2, 0) is 17.2 Å². The van der Waals surface area contributed by atoms with Crippen LogP contribution in [0.4, 0.5) is 0 Å². The van der Waals surface area contributed by atoms with E-state index in [9.17, 15) is 4.21 Å². The van der Waals surface area contributed by atoms with Crippen molar-refractivity contribution >= 4 is 22.6 Å². The van der Waals surface area contributed by atoms with Gasteiger partial charge >= 0.3 is 0 Å². The van der Waals surface area contributed by atoms with E-state index in [-0.39, 0.29) is 0 Å². The summed E-state index contributed by atoms with van der Waals surface area (Å²) in [5.74, 6) is 1.96. The number of rotatable bonds is 7. The van der Waals surface area contributed by atoms with Crippen LogP contribution in [-0.4, -0.2) is 25.9 Å². The van der Waals surface area contributed by atoms with Crippen molar-refractivity contribution in [2.75, 3.05) is 11.5 Å². The molecule has 0 aliphatic heterocycles. The summed E-state index contributed by atoms with van der Waals surface area (Å²) in [5.41, 5.74) is 0. The van der Waals surface area contributed by atoms with Crippen LogP contribution < -0.4 is 0 Å². The van der Waals surface area contributed by atoms with Crippen molar-refractivity contribution in [3.8, 4) is 0 Å². The van der Waals surface area contributed by atoms with E-state index in [0.717, 1.165) is 17.7 Å². The van der Waals surface area contributed by atoms with E-state index in [1.165, 1.54) is 11.8 Å². The number of hydrogen-bond donors (Lipinski definition) is 0. The molecule has 19 heavy (non-hydrogen) atoms. The van der Waals surface area contributed by atoms with Gasteiger partial charge in [0, 0.05) is 22.8 Å². The van der Waals surface area contributed by atoms with E-state index in [2.05, 4.69) is 17.1 Å². The summed E-state index contributed by atoms with van der Waals surface area (Å²) in [5, 5.41) is 8.46. The monoisotopic (exact) mass is 296 g/mol. The highest BCUT2D eigenvalue weighted by atomic mass is 32.2. The van der Waals surface area contributed by atoms with Crippen molar-refractivity contribution in [3.05, 3.63) is 36.2 Å². The van der Waals surface area contributed by atoms with Crippen molar-refractivity contribution in [3.63, 3.8) is 0 Å². The van der Waals surface area contributed by atoms with E-state index >= 15 is 0 Å². The first-order valence-corrected chi connectivity index (χ1v) is 8.48. The second kappa shape index (κ2) is 7.45. The molecule has 0 unspecified atom stereocenters. The highest BCUT2D eigenvalue weighted by molar-refractivity contribution is 8.00. The van der Waals surface area contributed by atoms with Gasteiger partial charge < -0.3 is 4.42 Å². The molecule has 0 aliphatic carbocycles. The molecule has 0 amide bonds. The van der Waals surface area contributed by atoms with Gasteiger partial charge in [-0.15, -0.1) is 10.2 Å². The fraction of sp³-hybridized carbons (Fsp3) is 0.385. The molecular formula is C13H16N2O2S2. The minimum Gasteiger partial charge on any atom is -0.416 e. The average molecular weight is 296 g/mol. The number of hydrogen-bond acceptors (Lipinski definition) is 5. The first kappa shape index (κ1) is 14.3. The zero-order valence-corrected chi connectivity index (χ0v) is 12.4. The van der Waals surface area contributed by atoms with E-state index in [0.29, 0.717) is 22.6 Å². The summed E-state index contributed by atoms with van der Waals surface area (Å²) in [7, 11) is -0.964. The largest absolute Gasteiger partial charge is 0.416 e. The Hall–Kier alpha value is -1.14. The maximum Gasteiger partial charge on any atom is 0.276 e. The smallest absolute Gasteiger partial charge is 0.276 e. The Kier molecular flexibility index (Phi) is 5.60. The van der Waals surface area contributed by atoms with Crippen LogP contribution in [0.25, 0.3) is 0 Å². The first-order valence-electron chi connectivity index (χ1n) is 6.18. The van der Waals surface area contributed by atoms with E-state index in [4.69, 9.17) is 4.42 Å². The third kappa shape index (κ3) is 4.47. The Balaban J connectivity index is 1.78. The van der Waals surface area contributed by atoms with Gasteiger partial charge in [-0.2, -0.15) is 0 Å². The Morgan fingerprint density at radius 2 is 2.05 bits per heavy atom. The molecule has 0 radical (unpaired) electrons. The zero-order chi connectivity index (χ0) is 13.5. The fourth-order valence-electron chi connectivity index (χ4n) is 1.51. The molecule has 1 aromatic heterocycles. The molecule has 1 aromatic carbocycles. The molecule has 4 nitrogen and oxygen atoms in total. The van der Waals surface area contributed by atoms with Crippen LogP contribution in [0.15, 0.2) is 44.9 Å². The third-order valence-corrected chi connectivity index (χ3v) is 4.86. The number of nitrogens with zero attached hydrogens (tertiary/aromatic N) is 2. The number of aromatic nitrogens is 2. The maximum absolute atomic E-state index is 12.0. The van der Waals surface area contributed by atoms with E-state index < -0.39 is 10.8 Å². The normalized spacial score (nSPS) is 12.5. The van der Waals surface area contributed by atoms with Gasteiger partial charge in [0.05, 0.1) is 10.8 Å². The van der Waals surface area contributed by atoms with E-state index in [1.807, 2.05) is 30.3 Å². The maximum atomic E-state index is 12.0. The molecule has 0 spiro atoms. The lowest BCUT2D eigenvalue weighted by molar-refractivity contribution is 0.411. The van der Waals surface area contributed by atoms with E-state index in [1.54, 1.807) is 0 Å². The van der Waals surface area contributed by atoms with Gasteiger partial charge in [0.25, 0.3) is 5.22 Å². The molecule has 1 atom stereocenters. The molecule has 2 rings (SSSR count). The Bertz CT molecular complexity index is 528. The predicted molar refractivity (Wildman–Crippen MR) is 76.7 cm³/mol. The molecule has 0 saturated heterocycles. The van der Waals surface area contributed by atoms with Crippen LogP contribution >= 0.6 is 11.8 Å². The second-order valence-electron chi connectivity index (χ2n) is 3.92. The molecule has 1 heterocycles. The molecule has 0 aliphatic rings. The van der Waals surface area contributed by atoms with Gasteiger partial charge in [0.15, 0.2) is 0 Å². The van der Waals surface area contributed by atoms with Crippen LogP contribution in [0.3, 0.4) is 0 Å². The Labute approximate surface area is 119 Å². The Morgan fingerprint density at radius 3 is 2.79 bits per heavy atom. The Morgan fingerprint density at radius 1 is 1.26 bits per heavy atom. The van der Waals surface area contributed by atoms with Gasteiger partial charge in [-0.1, -0.05) is 36.9 Å². The second-order valence-corrected chi connectivity index (χ2v) is 6.54. The molecule has 0 N–H and O–H groups in total. The summed E-state index contributed by atoms with van der Waals surface area (Å²) in [6.07, 6.45) is 1.80. The number of thioether (sulfide) groups is 1. The summed E-state index contributed by atoms with van der Waals surface area (Å²) in [4.78, 5) is 0.861. The third-order valence-electron chi connectivity index (χ3n) is 2.41. The standard InChI is InChI=1S/C13H16N2O2S2/c1-2-6-12-14-15-13(17-12)18-9-10-19(16)11-7-4-3-5-8-11/h3-5,7-8H,2,6,9-10H2,1H3/t19-/m0/s1. The van der Waals surface area contributed by atoms with Crippen LogP contribution in [0.2, 0.25) is 0 Å². The summed E-state index contributed by atoms with van der Waals surface area (Å²) >= 11 is 1.46. The highest BCUT2D eigenvalue weighted by Crippen LogP contribution is 2.17. The minimum atomic E-state index is -0.964. The van der Waals surface area contributed by atoms with Gasteiger partial charge in [0.1, 0.15) is 0 Å². The lowest BCUT2D eigenvalue weighted by Gasteiger charge is -2.00. The number of aryl methyl sites for hydroxylation is 1. The van der Waals surface area contributed by atoms with Crippen molar-refractivity contribution in [1.29, 1.82) is 0 Å². The average Bonchev–Trinajstić information content (AvgIpc) is 2.88. The van der Waals surface area contributed by atoms with Gasteiger partial charge in [0.2, 0.25) is 5.89 Å². The molecule has 6 heteroatoms. The molecule has 0 fully saturated rings. The topological polar surface area (TPSA) is 56.0 Å². The molecule has 2 aromatic rings. The van der Waals surface area contributed by atoms with Crippen molar-refractivity contribution < 1.29 is 8.63 Å². The number of benzene rings is 1. The zero-order valence-electron chi connectivity index (χ0n) is 10.7. The molecule has 0 bridgehead atoms.